The number of carbonyl (C=O) groups excluding carboxylic acids is 1. The number of aromatic nitrogens is 1. The fourth-order valence-corrected chi connectivity index (χ4v) is 1.83. The lowest BCUT2D eigenvalue weighted by Crippen LogP contribution is -2.14. The smallest absolute Gasteiger partial charge is 0.258 e. The molecule has 0 atom stereocenters. The first-order valence-corrected chi connectivity index (χ1v) is 6.12. The molecule has 0 aliphatic rings. The van der Waals surface area contributed by atoms with Gasteiger partial charge in [-0.1, -0.05) is 17.7 Å². The summed E-state index contributed by atoms with van der Waals surface area (Å²) >= 11 is 5.88. The lowest BCUT2D eigenvalue weighted by Gasteiger charge is -2.09. The molecule has 3 N–H and O–H groups in total. The number of nitrogen functional groups attached to an aromatic ring is 1. The third kappa shape index (κ3) is 2.87. The molecular weight excluding hydrogens is 276 g/mol. The first kappa shape index (κ1) is 13.8. The van der Waals surface area contributed by atoms with Gasteiger partial charge in [0.2, 0.25) is 0 Å². The number of nitriles is 1. The van der Waals surface area contributed by atoms with Gasteiger partial charge in [-0.05, 0) is 30.7 Å². The van der Waals surface area contributed by atoms with Crippen LogP contribution in [0, 0.1) is 18.3 Å². The Morgan fingerprint density at radius 3 is 2.90 bits per heavy atom. The number of aryl methyl sites for hydroxylation is 1. The Morgan fingerprint density at radius 2 is 2.20 bits per heavy atom. The van der Waals surface area contributed by atoms with Crippen molar-refractivity contribution in [1.82, 2.24) is 4.98 Å². The van der Waals surface area contributed by atoms with E-state index in [4.69, 9.17) is 22.6 Å². The number of carbonyl (C=O) groups is 1. The molecule has 0 fully saturated rings. The Kier molecular flexibility index (Phi) is 3.87. The molecule has 1 amide bonds. The molecule has 1 aromatic carbocycles. The number of amides is 1. The van der Waals surface area contributed by atoms with Crippen molar-refractivity contribution in [2.75, 3.05) is 11.1 Å². The summed E-state index contributed by atoms with van der Waals surface area (Å²) in [7, 11) is 0. The van der Waals surface area contributed by atoms with Crippen LogP contribution in [0.3, 0.4) is 0 Å². The van der Waals surface area contributed by atoms with Gasteiger partial charge < -0.3 is 11.1 Å². The summed E-state index contributed by atoms with van der Waals surface area (Å²) in [5.74, 6) is -0.423. The maximum Gasteiger partial charge on any atom is 0.258 e. The van der Waals surface area contributed by atoms with Crippen molar-refractivity contribution >= 4 is 28.9 Å². The minimum Gasteiger partial charge on any atom is -0.397 e. The minimum atomic E-state index is -0.423. The number of nitrogens with zero attached hydrogens (tertiary/aromatic N) is 2. The van der Waals surface area contributed by atoms with Crippen molar-refractivity contribution in [3.63, 3.8) is 0 Å². The summed E-state index contributed by atoms with van der Waals surface area (Å²) in [6.45, 7) is 1.83. The van der Waals surface area contributed by atoms with Crippen molar-refractivity contribution in [3.05, 3.63) is 52.3 Å². The van der Waals surface area contributed by atoms with Crippen LogP contribution in [0.4, 0.5) is 11.4 Å². The Balaban J connectivity index is 2.33. The van der Waals surface area contributed by atoms with Gasteiger partial charge in [0.25, 0.3) is 5.91 Å². The highest BCUT2D eigenvalue weighted by Gasteiger charge is 2.13. The molecule has 0 saturated carbocycles. The van der Waals surface area contributed by atoms with E-state index in [1.54, 1.807) is 18.2 Å². The van der Waals surface area contributed by atoms with Gasteiger partial charge in [0, 0.05) is 5.69 Å². The molecular formula is C14H11ClN4O. The van der Waals surface area contributed by atoms with Crippen LogP contribution in [0.1, 0.15) is 21.5 Å². The largest absolute Gasteiger partial charge is 0.397 e. The Bertz CT molecular complexity index is 722. The maximum atomic E-state index is 12.2. The average molecular weight is 287 g/mol. The summed E-state index contributed by atoms with van der Waals surface area (Å²) in [6.07, 6.45) is 1.38. The van der Waals surface area contributed by atoms with Crippen LogP contribution in [0.25, 0.3) is 0 Å². The molecule has 100 valence electrons. The standard InChI is InChI=1S/C14H11ClN4O/c1-8-2-3-9(6-16)4-12(8)19-14(20)11-5-10(17)7-18-13(11)15/h2-5,7H,17H2,1H3,(H,19,20). The van der Waals surface area contributed by atoms with Gasteiger partial charge >= 0.3 is 0 Å². The second kappa shape index (κ2) is 5.59. The van der Waals surface area contributed by atoms with Gasteiger partial charge in [-0.25, -0.2) is 4.98 Å². The average Bonchev–Trinajstić information content (AvgIpc) is 2.43. The number of nitrogens with one attached hydrogen (secondary N) is 1. The van der Waals surface area contributed by atoms with Crippen LogP contribution in [0.15, 0.2) is 30.5 Å². The molecule has 0 unspecified atom stereocenters. The number of nitrogens with two attached hydrogens (primary N) is 1. The molecule has 0 radical (unpaired) electrons. The van der Waals surface area contributed by atoms with Crippen LogP contribution in [-0.2, 0) is 0 Å². The van der Waals surface area contributed by atoms with Gasteiger partial charge in [0.15, 0.2) is 0 Å². The number of hydrogen-bond donors (Lipinski definition) is 2. The van der Waals surface area contributed by atoms with Crippen LogP contribution in [0.5, 0.6) is 0 Å². The zero-order valence-electron chi connectivity index (χ0n) is 10.6. The van der Waals surface area contributed by atoms with Crippen molar-refractivity contribution in [3.8, 4) is 6.07 Å². The molecule has 0 spiro atoms. The fraction of sp³-hybridized carbons (Fsp3) is 0.0714. The van der Waals surface area contributed by atoms with E-state index < -0.39 is 5.91 Å². The number of benzene rings is 1. The highest BCUT2D eigenvalue weighted by atomic mass is 35.5. The topological polar surface area (TPSA) is 91.8 Å². The number of anilines is 2. The molecule has 20 heavy (non-hydrogen) atoms. The molecule has 2 rings (SSSR count). The number of hydrogen-bond acceptors (Lipinski definition) is 4. The van der Waals surface area contributed by atoms with Gasteiger partial charge in [0.05, 0.1) is 29.1 Å². The van der Waals surface area contributed by atoms with E-state index in [2.05, 4.69) is 10.3 Å². The molecule has 0 aliphatic heterocycles. The molecule has 0 bridgehead atoms. The third-order valence-corrected chi connectivity index (χ3v) is 3.02. The van der Waals surface area contributed by atoms with Crippen LogP contribution >= 0.6 is 11.6 Å². The minimum absolute atomic E-state index is 0.0748. The molecule has 2 aromatic rings. The van der Waals surface area contributed by atoms with E-state index in [0.29, 0.717) is 16.9 Å². The number of halogens is 1. The zero-order chi connectivity index (χ0) is 14.7. The second-order valence-corrected chi connectivity index (χ2v) is 4.56. The monoisotopic (exact) mass is 286 g/mol. The predicted octanol–water partition coefficient (Wildman–Crippen LogP) is 2.75. The maximum absolute atomic E-state index is 12.2. The zero-order valence-corrected chi connectivity index (χ0v) is 11.4. The second-order valence-electron chi connectivity index (χ2n) is 4.20. The summed E-state index contributed by atoms with van der Waals surface area (Å²) in [4.78, 5) is 16.0. The molecule has 1 heterocycles. The van der Waals surface area contributed by atoms with Crippen molar-refractivity contribution in [2.24, 2.45) is 0 Å². The van der Waals surface area contributed by atoms with Crippen LogP contribution in [-0.4, -0.2) is 10.9 Å². The highest BCUT2D eigenvalue weighted by molar-refractivity contribution is 6.33. The summed E-state index contributed by atoms with van der Waals surface area (Å²) in [5.41, 5.74) is 7.98. The first-order valence-electron chi connectivity index (χ1n) is 5.74. The highest BCUT2D eigenvalue weighted by Crippen LogP contribution is 2.20. The van der Waals surface area contributed by atoms with Crippen LogP contribution < -0.4 is 11.1 Å². The van der Waals surface area contributed by atoms with Gasteiger partial charge in [0.1, 0.15) is 5.15 Å². The molecule has 5 nitrogen and oxygen atoms in total. The molecule has 0 saturated heterocycles. The summed E-state index contributed by atoms with van der Waals surface area (Å²) < 4.78 is 0. The van der Waals surface area contributed by atoms with Gasteiger partial charge in [-0.3, -0.25) is 4.79 Å². The molecule has 1 aromatic heterocycles. The van der Waals surface area contributed by atoms with E-state index in [0.717, 1.165) is 5.56 Å². The van der Waals surface area contributed by atoms with E-state index in [9.17, 15) is 4.79 Å². The number of rotatable bonds is 2. The molecule has 6 heteroatoms. The third-order valence-electron chi connectivity index (χ3n) is 2.72. The summed E-state index contributed by atoms with van der Waals surface area (Å²) in [5, 5.41) is 11.6. The lowest BCUT2D eigenvalue weighted by atomic mass is 10.1. The Morgan fingerprint density at radius 1 is 1.45 bits per heavy atom. The van der Waals surface area contributed by atoms with E-state index in [1.807, 2.05) is 13.0 Å². The quantitative estimate of drug-likeness (QED) is 0.830. The molecule has 0 aliphatic carbocycles. The predicted molar refractivity (Wildman–Crippen MR) is 77.5 cm³/mol. The van der Waals surface area contributed by atoms with Crippen molar-refractivity contribution in [2.45, 2.75) is 6.92 Å². The van der Waals surface area contributed by atoms with Gasteiger partial charge in [-0.2, -0.15) is 5.26 Å². The van der Waals surface area contributed by atoms with E-state index in [-0.39, 0.29) is 10.7 Å². The van der Waals surface area contributed by atoms with Crippen LogP contribution in [0.2, 0.25) is 5.15 Å². The Hall–Kier alpha value is -2.58. The van der Waals surface area contributed by atoms with Gasteiger partial charge in [-0.15, -0.1) is 0 Å². The normalized spacial score (nSPS) is 9.85. The summed E-state index contributed by atoms with van der Waals surface area (Å²) in [6, 6.07) is 8.51. The number of pyridine rings is 1. The van der Waals surface area contributed by atoms with Crippen molar-refractivity contribution in [1.29, 1.82) is 5.26 Å². The van der Waals surface area contributed by atoms with E-state index >= 15 is 0 Å². The fourth-order valence-electron chi connectivity index (χ4n) is 1.64. The Labute approximate surface area is 121 Å². The first-order chi connectivity index (χ1) is 9.51. The van der Waals surface area contributed by atoms with Crippen molar-refractivity contribution < 1.29 is 4.79 Å². The SMILES string of the molecule is Cc1ccc(C#N)cc1NC(=O)c1cc(N)cnc1Cl. The lowest BCUT2D eigenvalue weighted by molar-refractivity contribution is 0.102. The van der Waals surface area contributed by atoms with E-state index in [1.165, 1.54) is 12.3 Å².